The van der Waals surface area contributed by atoms with Crippen LogP contribution in [0.3, 0.4) is 0 Å². The molecular formula is C17H24N4O2. The zero-order valence-electron chi connectivity index (χ0n) is 13.6. The monoisotopic (exact) mass is 316 g/mol. The topological polar surface area (TPSA) is 67.2 Å². The van der Waals surface area contributed by atoms with Crippen LogP contribution < -0.4 is 5.32 Å². The van der Waals surface area contributed by atoms with Crippen LogP contribution >= 0.6 is 0 Å². The van der Waals surface area contributed by atoms with Crippen molar-refractivity contribution in [3.63, 3.8) is 0 Å². The van der Waals surface area contributed by atoms with Crippen molar-refractivity contribution in [1.29, 1.82) is 0 Å². The van der Waals surface area contributed by atoms with Gasteiger partial charge in [-0.25, -0.2) is 4.98 Å². The molecule has 2 aliphatic carbocycles. The first-order valence-corrected chi connectivity index (χ1v) is 8.73. The van der Waals surface area contributed by atoms with E-state index in [2.05, 4.69) is 17.2 Å². The van der Waals surface area contributed by atoms with Crippen molar-refractivity contribution in [3.05, 3.63) is 18.2 Å². The molecule has 0 bridgehead atoms. The number of aromatic nitrogens is 2. The van der Waals surface area contributed by atoms with Crippen molar-refractivity contribution in [2.45, 2.75) is 57.7 Å². The molecule has 3 aliphatic rings. The minimum absolute atomic E-state index is 0.0255. The quantitative estimate of drug-likeness (QED) is 0.918. The van der Waals surface area contributed by atoms with Gasteiger partial charge in [-0.1, -0.05) is 19.8 Å². The summed E-state index contributed by atoms with van der Waals surface area (Å²) in [6, 6.07) is -0.0520. The Bertz CT molecular complexity index is 620. The van der Waals surface area contributed by atoms with E-state index in [4.69, 9.17) is 0 Å². The van der Waals surface area contributed by atoms with E-state index in [0.29, 0.717) is 25.0 Å². The highest BCUT2D eigenvalue weighted by Gasteiger charge is 2.44. The molecule has 0 saturated heterocycles. The van der Waals surface area contributed by atoms with Gasteiger partial charge < -0.3 is 14.8 Å². The Morgan fingerprint density at radius 3 is 2.74 bits per heavy atom. The summed E-state index contributed by atoms with van der Waals surface area (Å²) in [5, 5.41) is 3.17. The first kappa shape index (κ1) is 14.7. The lowest BCUT2D eigenvalue weighted by molar-refractivity contribution is -0.136. The number of carbonyl (C=O) groups excluding carboxylic acids is 2. The molecule has 0 aromatic carbocycles. The summed E-state index contributed by atoms with van der Waals surface area (Å²) in [7, 11) is 0. The molecule has 2 heterocycles. The van der Waals surface area contributed by atoms with E-state index in [-0.39, 0.29) is 23.8 Å². The zero-order valence-corrected chi connectivity index (χ0v) is 13.6. The summed E-state index contributed by atoms with van der Waals surface area (Å²) >= 11 is 0. The second-order valence-corrected chi connectivity index (χ2v) is 7.34. The molecular weight excluding hydrogens is 292 g/mol. The third kappa shape index (κ3) is 2.75. The van der Waals surface area contributed by atoms with Crippen molar-refractivity contribution in [2.75, 3.05) is 6.54 Å². The molecule has 124 valence electrons. The smallest absolute Gasteiger partial charge is 0.245 e. The number of hydrogen-bond donors (Lipinski definition) is 1. The van der Waals surface area contributed by atoms with E-state index >= 15 is 0 Å². The second-order valence-electron chi connectivity index (χ2n) is 7.34. The van der Waals surface area contributed by atoms with Crippen LogP contribution in [0.2, 0.25) is 0 Å². The Kier molecular flexibility index (Phi) is 3.62. The van der Waals surface area contributed by atoms with Crippen LogP contribution in [0, 0.1) is 11.8 Å². The number of amides is 2. The molecule has 4 rings (SSSR count). The van der Waals surface area contributed by atoms with Crippen LogP contribution in [-0.2, 0) is 16.1 Å². The molecule has 2 saturated carbocycles. The molecule has 2 amide bonds. The largest absolute Gasteiger partial charge is 0.352 e. The van der Waals surface area contributed by atoms with E-state index in [1.807, 2.05) is 9.47 Å². The van der Waals surface area contributed by atoms with E-state index in [0.717, 1.165) is 25.0 Å². The van der Waals surface area contributed by atoms with Gasteiger partial charge in [0.2, 0.25) is 11.8 Å². The Morgan fingerprint density at radius 1 is 1.30 bits per heavy atom. The van der Waals surface area contributed by atoms with Crippen LogP contribution in [0.15, 0.2) is 12.5 Å². The molecule has 0 spiro atoms. The van der Waals surface area contributed by atoms with Gasteiger partial charge in [-0.15, -0.1) is 0 Å². The first-order chi connectivity index (χ1) is 11.1. The molecule has 1 aliphatic heterocycles. The van der Waals surface area contributed by atoms with Crippen molar-refractivity contribution in [1.82, 2.24) is 19.8 Å². The normalized spacial score (nSPS) is 30.1. The fourth-order valence-electron chi connectivity index (χ4n) is 3.94. The van der Waals surface area contributed by atoms with Crippen molar-refractivity contribution in [3.8, 4) is 0 Å². The van der Waals surface area contributed by atoms with Gasteiger partial charge in [0.25, 0.3) is 0 Å². The first-order valence-electron chi connectivity index (χ1n) is 8.73. The van der Waals surface area contributed by atoms with Gasteiger partial charge in [0, 0.05) is 18.2 Å². The molecule has 0 radical (unpaired) electrons. The molecule has 1 aromatic heterocycles. The fourth-order valence-corrected chi connectivity index (χ4v) is 3.94. The summed E-state index contributed by atoms with van der Waals surface area (Å²) in [5.74, 6) is 0.865. The summed E-state index contributed by atoms with van der Waals surface area (Å²) in [5.41, 5.74) is 0.949. The lowest BCUT2D eigenvalue weighted by atomic mass is 10.1. The number of nitrogens with one attached hydrogen (secondary N) is 1. The Morgan fingerprint density at radius 2 is 2.04 bits per heavy atom. The number of imidazole rings is 1. The minimum Gasteiger partial charge on any atom is -0.352 e. The summed E-state index contributed by atoms with van der Waals surface area (Å²) in [4.78, 5) is 31.3. The number of carbonyl (C=O) groups is 2. The number of rotatable bonds is 3. The van der Waals surface area contributed by atoms with Gasteiger partial charge in [-0.3, -0.25) is 9.59 Å². The maximum absolute atomic E-state index is 12.7. The standard InChI is InChI=1S/C17H24N4O2/c1-11-6-14(11)17(23)20-8-13-7-18-10-21(13)15(9-20)16(22)19-12-4-2-3-5-12/h7,10-12,14-15H,2-6,8-9H2,1H3,(H,19,22)/t11-,14-,15+/m1/s1. The molecule has 1 N–H and O–H groups in total. The van der Waals surface area contributed by atoms with Crippen LogP contribution in [0.5, 0.6) is 0 Å². The Labute approximate surface area is 136 Å². The van der Waals surface area contributed by atoms with Gasteiger partial charge >= 0.3 is 0 Å². The van der Waals surface area contributed by atoms with E-state index < -0.39 is 0 Å². The summed E-state index contributed by atoms with van der Waals surface area (Å²) in [6.45, 7) is 3.14. The average Bonchev–Trinajstić information content (AvgIpc) is 2.98. The van der Waals surface area contributed by atoms with Crippen LogP contribution in [0.1, 0.15) is 50.8 Å². The maximum Gasteiger partial charge on any atom is 0.245 e. The molecule has 3 atom stereocenters. The van der Waals surface area contributed by atoms with Crippen molar-refractivity contribution < 1.29 is 9.59 Å². The predicted molar refractivity (Wildman–Crippen MR) is 84.4 cm³/mol. The third-order valence-corrected chi connectivity index (χ3v) is 5.57. The van der Waals surface area contributed by atoms with Crippen molar-refractivity contribution >= 4 is 11.8 Å². The lowest BCUT2D eigenvalue weighted by Gasteiger charge is -2.34. The molecule has 1 aromatic rings. The average molecular weight is 316 g/mol. The summed E-state index contributed by atoms with van der Waals surface area (Å²) < 4.78 is 1.93. The maximum atomic E-state index is 12.7. The highest BCUT2D eigenvalue weighted by Crippen LogP contribution is 2.40. The zero-order chi connectivity index (χ0) is 16.0. The third-order valence-electron chi connectivity index (χ3n) is 5.57. The van der Waals surface area contributed by atoms with Gasteiger partial charge in [0.05, 0.1) is 25.1 Å². The SMILES string of the molecule is C[C@@H]1C[C@H]1C(=O)N1Cc2cncn2[C@H](C(=O)NC2CCCC2)C1. The van der Waals surface area contributed by atoms with Gasteiger partial charge in [-0.2, -0.15) is 0 Å². The highest BCUT2D eigenvalue weighted by molar-refractivity contribution is 5.85. The van der Waals surface area contributed by atoms with Crippen LogP contribution in [0.4, 0.5) is 0 Å². The second kappa shape index (κ2) is 5.65. The van der Waals surface area contributed by atoms with Gasteiger partial charge in [0.15, 0.2) is 0 Å². The molecule has 23 heavy (non-hydrogen) atoms. The Balaban J connectivity index is 1.51. The van der Waals surface area contributed by atoms with Crippen LogP contribution in [0.25, 0.3) is 0 Å². The molecule has 6 nitrogen and oxygen atoms in total. The van der Waals surface area contributed by atoms with Gasteiger partial charge in [-0.05, 0) is 25.2 Å². The lowest BCUT2D eigenvalue weighted by Crippen LogP contribution is -2.48. The Hall–Kier alpha value is -1.85. The number of fused-ring (bicyclic) bond motifs is 1. The van der Waals surface area contributed by atoms with E-state index in [9.17, 15) is 9.59 Å². The van der Waals surface area contributed by atoms with Gasteiger partial charge in [0.1, 0.15) is 6.04 Å². The number of hydrogen-bond acceptors (Lipinski definition) is 3. The highest BCUT2D eigenvalue weighted by atomic mass is 16.2. The molecule has 2 fully saturated rings. The van der Waals surface area contributed by atoms with E-state index in [1.165, 1.54) is 12.8 Å². The minimum atomic E-state index is -0.347. The summed E-state index contributed by atoms with van der Waals surface area (Å²) in [6.07, 6.45) is 8.98. The van der Waals surface area contributed by atoms with E-state index in [1.54, 1.807) is 12.5 Å². The molecule has 0 unspecified atom stereocenters. The van der Waals surface area contributed by atoms with Crippen molar-refractivity contribution in [2.24, 2.45) is 11.8 Å². The fraction of sp³-hybridized carbons (Fsp3) is 0.706. The van der Waals surface area contributed by atoms with Crippen LogP contribution in [-0.4, -0.2) is 38.9 Å². The number of nitrogens with zero attached hydrogens (tertiary/aromatic N) is 3. The predicted octanol–water partition coefficient (Wildman–Crippen LogP) is 1.48. The molecule has 6 heteroatoms.